The molecule has 0 spiro atoms. The maximum Gasteiger partial charge on any atom is 0.258 e. The molecule has 0 saturated carbocycles. The zero-order valence-electron chi connectivity index (χ0n) is 17.8. The summed E-state index contributed by atoms with van der Waals surface area (Å²) < 4.78 is 22.1. The number of benzene rings is 1. The molecule has 0 saturated heterocycles. The van der Waals surface area contributed by atoms with E-state index in [1.807, 2.05) is 26.8 Å². The van der Waals surface area contributed by atoms with Gasteiger partial charge in [-0.2, -0.15) is 0 Å². The Balaban J connectivity index is 1.65. The minimum Gasteiger partial charge on any atom is -0.490 e. The van der Waals surface area contributed by atoms with Crippen LogP contribution in [0.1, 0.15) is 59.8 Å². The van der Waals surface area contributed by atoms with Crippen LogP contribution in [0.4, 0.5) is 4.39 Å². The van der Waals surface area contributed by atoms with Crippen LogP contribution in [0.15, 0.2) is 28.3 Å². The topological polar surface area (TPSA) is 64.4 Å². The lowest BCUT2D eigenvalue weighted by Crippen LogP contribution is -2.29. The molecule has 2 aromatic heterocycles. The first kappa shape index (κ1) is 18.8. The zero-order valence-corrected chi connectivity index (χ0v) is 17.8. The highest BCUT2D eigenvalue weighted by molar-refractivity contribution is 5.92. The van der Waals surface area contributed by atoms with Crippen LogP contribution in [-0.2, 0) is 30.7 Å². The lowest BCUT2D eigenvalue weighted by Gasteiger charge is -2.26. The van der Waals surface area contributed by atoms with Crippen LogP contribution in [0.25, 0.3) is 22.3 Å². The Kier molecular flexibility index (Phi) is 3.79. The van der Waals surface area contributed by atoms with Gasteiger partial charge in [-0.1, -0.05) is 0 Å². The van der Waals surface area contributed by atoms with E-state index in [4.69, 9.17) is 9.72 Å². The van der Waals surface area contributed by atoms with Crippen LogP contribution in [-0.4, -0.2) is 14.7 Å². The third-order valence-corrected chi connectivity index (χ3v) is 7.07. The molecular weight excluding hydrogens is 395 g/mol. The maximum absolute atomic E-state index is 14.6. The fourth-order valence-electron chi connectivity index (χ4n) is 5.50. The second kappa shape index (κ2) is 6.26. The lowest BCUT2D eigenvalue weighted by atomic mass is 9.85. The van der Waals surface area contributed by atoms with E-state index in [9.17, 15) is 14.3 Å². The van der Waals surface area contributed by atoms with Crippen molar-refractivity contribution >= 4 is 10.9 Å². The Morgan fingerprint density at radius 3 is 2.74 bits per heavy atom. The Labute approximate surface area is 178 Å². The van der Waals surface area contributed by atoms with Gasteiger partial charge >= 0.3 is 0 Å². The van der Waals surface area contributed by atoms with Gasteiger partial charge in [-0.3, -0.25) is 4.79 Å². The van der Waals surface area contributed by atoms with E-state index in [1.54, 1.807) is 4.57 Å². The molecular formula is C25H23FN2O3. The van der Waals surface area contributed by atoms with Gasteiger partial charge in [0.1, 0.15) is 24.3 Å². The van der Waals surface area contributed by atoms with Crippen molar-refractivity contribution in [1.82, 2.24) is 9.55 Å². The molecule has 0 radical (unpaired) electrons. The summed E-state index contributed by atoms with van der Waals surface area (Å²) in [5.74, 6) is 0.267. The quantitative estimate of drug-likeness (QED) is 0.464. The Hall–Kier alpha value is -2.99. The van der Waals surface area contributed by atoms with Gasteiger partial charge in [0.2, 0.25) is 0 Å². The fraction of sp³-hybridized carbons (Fsp3) is 0.360. The van der Waals surface area contributed by atoms with Crippen LogP contribution in [0.2, 0.25) is 0 Å². The normalized spacial score (nSPS) is 18.5. The Bertz CT molecular complexity index is 1410. The van der Waals surface area contributed by atoms with Crippen LogP contribution in [0.3, 0.4) is 0 Å². The summed E-state index contributed by atoms with van der Waals surface area (Å²) in [4.78, 5) is 18.2. The molecule has 0 amide bonds. The van der Waals surface area contributed by atoms with Crippen molar-refractivity contribution in [2.45, 2.75) is 59.3 Å². The van der Waals surface area contributed by atoms with E-state index in [-0.39, 0.29) is 18.0 Å². The lowest BCUT2D eigenvalue weighted by molar-refractivity contribution is 0.0713. The smallest absolute Gasteiger partial charge is 0.258 e. The van der Waals surface area contributed by atoms with Crippen molar-refractivity contribution in [3.05, 3.63) is 73.0 Å². The van der Waals surface area contributed by atoms with Gasteiger partial charge in [0.15, 0.2) is 0 Å². The predicted octanol–water partition coefficient (Wildman–Crippen LogP) is 4.22. The number of hydrogen-bond donors (Lipinski definition) is 1. The van der Waals surface area contributed by atoms with Gasteiger partial charge in [0.05, 0.1) is 29.0 Å². The zero-order chi connectivity index (χ0) is 21.6. The number of hydrogen-bond acceptors (Lipinski definition) is 4. The molecule has 158 valence electrons. The standard InChI is InChI=1S/C25H23FN2O3/c1-11(2)24-23(29)15-7-20-22-16(9-28(20)25(30)17(15)10-31-24)14-6-4-5-13-12(3)18(26)8-19(27-22)21(13)14/h7-8,23,29H,4-6,9-10H2,1-3H3. The van der Waals surface area contributed by atoms with Gasteiger partial charge in [0.25, 0.3) is 5.56 Å². The molecule has 0 fully saturated rings. The van der Waals surface area contributed by atoms with Crippen molar-refractivity contribution in [3.63, 3.8) is 0 Å². The highest BCUT2D eigenvalue weighted by Crippen LogP contribution is 2.42. The average molecular weight is 418 g/mol. The summed E-state index contributed by atoms with van der Waals surface area (Å²) in [5, 5.41) is 11.9. The van der Waals surface area contributed by atoms with Crippen LogP contribution >= 0.6 is 0 Å². The molecule has 1 atom stereocenters. The number of aryl methyl sites for hydroxylation is 2. The molecule has 1 aromatic carbocycles. The van der Waals surface area contributed by atoms with Crippen molar-refractivity contribution in [2.75, 3.05) is 0 Å². The van der Waals surface area contributed by atoms with E-state index in [0.717, 1.165) is 47.0 Å². The summed E-state index contributed by atoms with van der Waals surface area (Å²) >= 11 is 0. The van der Waals surface area contributed by atoms with Crippen LogP contribution < -0.4 is 5.56 Å². The number of nitrogens with zero attached hydrogens (tertiary/aromatic N) is 2. The number of rotatable bonds is 0. The highest BCUT2D eigenvalue weighted by Gasteiger charge is 2.34. The number of fused-ring (bicyclic) bond motifs is 5. The molecule has 3 aromatic rings. The fourth-order valence-corrected chi connectivity index (χ4v) is 5.50. The summed E-state index contributed by atoms with van der Waals surface area (Å²) in [5.41, 5.74) is 7.88. The summed E-state index contributed by atoms with van der Waals surface area (Å²) in [7, 11) is 0. The van der Waals surface area contributed by atoms with E-state index in [1.165, 1.54) is 11.6 Å². The van der Waals surface area contributed by atoms with Crippen molar-refractivity contribution in [2.24, 2.45) is 0 Å². The number of halogens is 1. The largest absolute Gasteiger partial charge is 0.490 e. The first-order valence-electron chi connectivity index (χ1n) is 10.8. The monoisotopic (exact) mass is 418 g/mol. The second-order valence-corrected chi connectivity index (χ2v) is 9.04. The summed E-state index contributed by atoms with van der Waals surface area (Å²) in [6.07, 6.45) is 1.74. The van der Waals surface area contributed by atoms with Crippen LogP contribution in [0, 0.1) is 12.7 Å². The number of aliphatic hydroxyl groups is 1. The average Bonchev–Trinajstić information content (AvgIpc) is 3.12. The molecule has 6 rings (SSSR count). The van der Waals surface area contributed by atoms with Crippen molar-refractivity contribution < 1.29 is 14.2 Å². The number of aliphatic hydroxyl groups excluding tert-OH is 1. The maximum atomic E-state index is 14.6. The van der Waals surface area contributed by atoms with Gasteiger partial charge in [-0.05, 0) is 68.4 Å². The summed E-state index contributed by atoms with van der Waals surface area (Å²) in [6, 6.07) is 3.39. The van der Waals surface area contributed by atoms with Gasteiger partial charge in [-0.15, -0.1) is 0 Å². The molecule has 31 heavy (non-hydrogen) atoms. The SMILES string of the molecule is CC(C)=C1OCc2c(cc3n(c2=O)Cc2c-3nc3cc(F)c(C)c4c3c2CCC4)C1O. The number of allylic oxidation sites excluding steroid dienone is 1. The second-order valence-electron chi connectivity index (χ2n) is 9.04. The molecule has 3 aliphatic rings. The van der Waals surface area contributed by atoms with E-state index >= 15 is 0 Å². The molecule has 2 aliphatic heterocycles. The van der Waals surface area contributed by atoms with Crippen molar-refractivity contribution in [3.8, 4) is 11.4 Å². The molecule has 1 N–H and O–H groups in total. The number of ether oxygens (including phenoxy) is 1. The minimum absolute atomic E-state index is 0.146. The van der Waals surface area contributed by atoms with Gasteiger partial charge in [0, 0.05) is 22.6 Å². The van der Waals surface area contributed by atoms with Gasteiger partial charge in [-0.25, -0.2) is 9.37 Å². The van der Waals surface area contributed by atoms with E-state index < -0.39 is 6.10 Å². The highest BCUT2D eigenvalue weighted by atomic mass is 19.1. The molecule has 5 nitrogen and oxygen atoms in total. The Morgan fingerprint density at radius 1 is 1.19 bits per heavy atom. The van der Waals surface area contributed by atoms with Gasteiger partial charge < -0.3 is 14.4 Å². The third kappa shape index (κ3) is 2.39. The third-order valence-electron chi connectivity index (χ3n) is 7.07. The molecule has 4 heterocycles. The summed E-state index contributed by atoms with van der Waals surface area (Å²) in [6.45, 7) is 6.20. The first-order valence-corrected chi connectivity index (χ1v) is 10.8. The van der Waals surface area contributed by atoms with E-state index in [2.05, 4.69) is 0 Å². The molecule has 1 aliphatic carbocycles. The molecule has 0 bridgehead atoms. The first-order chi connectivity index (χ1) is 14.9. The predicted molar refractivity (Wildman–Crippen MR) is 115 cm³/mol. The Morgan fingerprint density at radius 2 is 1.97 bits per heavy atom. The number of aromatic nitrogens is 2. The number of pyridine rings is 2. The molecule has 6 heteroatoms. The minimum atomic E-state index is -0.970. The van der Waals surface area contributed by atoms with Crippen molar-refractivity contribution in [1.29, 1.82) is 0 Å². The van der Waals surface area contributed by atoms with E-state index in [0.29, 0.717) is 40.2 Å². The molecule has 1 unspecified atom stereocenters. The van der Waals surface area contributed by atoms with Crippen LogP contribution in [0.5, 0.6) is 0 Å².